The summed E-state index contributed by atoms with van der Waals surface area (Å²) in [6.45, 7) is 3.69. The molecule has 0 bridgehead atoms. The van der Waals surface area contributed by atoms with E-state index in [0.717, 1.165) is 24.2 Å². The maximum atomic E-state index is 12.4. The lowest BCUT2D eigenvalue weighted by atomic mass is 9.84. The number of nitrogens with zero attached hydrogens (tertiary/aromatic N) is 2. The van der Waals surface area contributed by atoms with Gasteiger partial charge in [0.1, 0.15) is 17.5 Å². The van der Waals surface area contributed by atoms with E-state index in [1.807, 2.05) is 19.1 Å². The van der Waals surface area contributed by atoms with Crippen LogP contribution in [0.5, 0.6) is 5.75 Å². The van der Waals surface area contributed by atoms with Gasteiger partial charge in [0.25, 0.3) is 5.91 Å². The van der Waals surface area contributed by atoms with E-state index in [1.54, 1.807) is 29.6 Å². The molecule has 2 saturated heterocycles. The summed E-state index contributed by atoms with van der Waals surface area (Å²) in [6.07, 6.45) is 6.71. The number of carbonyl (C=O) groups is 1. The molecule has 24 heavy (non-hydrogen) atoms. The van der Waals surface area contributed by atoms with Crippen molar-refractivity contribution in [2.24, 2.45) is 0 Å². The molecule has 2 aliphatic rings. The van der Waals surface area contributed by atoms with Crippen LogP contribution in [0.15, 0.2) is 41.3 Å². The van der Waals surface area contributed by atoms with E-state index in [9.17, 15) is 4.79 Å². The molecule has 0 aromatic carbocycles. The maximum Gasteiger partial charge on any atom is 0.290 e. The summed E-state index contributed by atoms with van der Waals surface area (Å²) < 4.78 is 17.3. The van der Waals surface area contributed by atoms with Gasteiger partial charge in [-0.1, -0.05) is 0 Å². The first kappa shape index (κ1) is 15.2. The van der Waals surface area contributed by atoms with E-state index >= 15 is 0 Å². The Morgan fingerprint density at radius 2 is 2.29 bits per heavy atom. The first-order valence-electron chi connectivity index (χ1n) is 8.19. The van der Waals surface area contributed by atoms with Gasteiger partial charge in [0.15, 0.2) is 5.76 Å². The number of likely N-dealkylation sites (tertiary alicyclic amines) is 1. The number of furan rings is 1. The number of hydrogen-bond acceptors (Lipinski definition) is 5. The minimum absolute atomic E-state index is 0.0676. The van der Waals surface area contributed by atoms with Crippen molar-refractivity contribution in [3.05, 3.63) is 48.2 Å². The summed E-state index contributed by atoms with van der Waals surface area (Å²) in [4.78, 5) is 18.3. The molecule has 2 aliphatic heterocycles. The lowest BCUT2D eigenvalue weighted by Crippen LogP contribution is -2.67. The SMILES string of the molecule is Cc1ccoc1C(=O)N1CC2(C[C@H](Oc3cccnc3)CCO2)C1. The number of hydrogen-bond donors (Lipinski definition) is 0. The fraction of sp³-hybridized carbons (Fsp3) is 0.444. The van der Waals surface area contributed by atoms with Crippen LogP contribution in [-0.2, 0) is 4.74 Å². The van der Waals surface area contributed by atoms with E-state index < -0.39 is 0 Å². The average Bonchev–Trinajstić information content (AvgIpc) is 2.99. The van der Waals surface area contributed by atoms with Gasteiger partial charge in [-0.15, -0.1) is 0 Å². The number of carbonyl (C=O) groups excluding carboxylic acids is 1. The van der Waals surface area contributed by atoms with E-state index in [0.29, 0.717) is 25.5 Å². The van der Waals surface area contributed by atoms with Crippen LogP contribution < -0.4 is 4.74 Å². The van der Waals surface area contributed by atoms with Crippen molar-refractivity contribution in [2.45, 2.75) is 31.5 Å². The molecule has 2 aromatic rings. The molecule has 0 aliphatic carbocycles. The molecule has 6 nitrogen and oxygen atoms in total. The molecular formula is C18H20N2O4. The molecule has 0 saturated carbocycles. The number of aryl methyl sites for hydroxylation is 1. The Morgan fingerprint density at radius 3 is 3.00 bits per heavy atom. The highest BCUT2D eigenvalue weighted by Gasteiger charge is 2.50. The van der Waals surface area contributed by atoms with Crippen LogP contribution in [0.3, 0.4) is 0 Å². The minimum Gasteiger partial charge on any atom is -0.489 e. The highest BCUT2D eigenvalue weighted by molar-refractivity contribution is 5.93. The number of amides is 1. The van der Waals surface area contributed by atoms with E-state index in [4.69, 9.17) is 13.9 Å². The summed E-state index contributed by atoms with van der Waals surface area (Å²) >= 11 is 0. The largest absolute Gasteiger partial charge is 0.489 e. The van der Waals surface area contributed by atoms with Gasteiger partial charge < -0.3 is 18.8 Å². The van der Waals surface area contributed by atoms with Crippen molar-refractivity contribution in [3.8, 4) is 5.75 Å². The van der Waals surface area contributed by atoms with Crippen molar-refractivity contribution in [3.63, 3.8) is 0 Å². The van der Waals surface area contributed by atoms with E-state index in [2.05, 4.69) is 4.98 Å². The Labute approximate surface area is 140 Å². The second-order valence-electron chi connectivity index (χ2n) is 6.55. The Balaban J connectivity index is 1.37. The molecule has 0 unspecified atom stereocenters. The van der Waals surface area contributed by atoms with Gasteiger partial charge in [-0.05, 0) is 25.1 Å². The zero-order valence-corrected chi connectivity index (χ0v) is 13.6. The van der Waals surface area contributed by atoms with Crippen LogP contribution in [0.1, 0.15) is 29.0 Å². The van der Waals surface area contributed by atoms with Crippen LogP contribution in [0.25, 0.3) is 0 Å². The minimum atomic E-state index is -0.290. The summed E-state index contributed by atoms with van der Waals surface area (Å²) in [5.41, 5.74) is 0.574. The van der Waals surface area contributed by atoms with Crippen LogP contribution in [0.4, 0.5) is 0 Å². The second kappa shape index (κ2) is 5.94. The fourth-order valence-corrected chi connectivity index (χ4v) is 3.44. The smallest absolute Gasteiger partial charge is 0.290 e. The monoisotopic (exact) mass is 328 g/mol. The van der Waals surface area contributed by atoms with Gasteiger partial charge in [0, 0.05) is 24.6 Å². The van der Waals surface area contributed by atoms with Gasteiger partial charge >= 0.3 is 0 Å². The molecule has 2 aromatic heterocycles. The molecule has 1 atom stereocenters. The molecular weight excluding hydrogens is 308 g/mol. The van der Waals surface area contributed by atoms with Gasteiger partial charge in [-0.2, -0.15) is 0 Å². The Kier molecular flexibility index (Phi) is 3.76. The maximum absolute atomic E-state index is 12.4. The zero-order chi connectivity index (χ0) is 16.6. The molecule has 1 spiro atoms. The molecule has 4 rings (SSSR count). The average molecular weight is 328 g/mol. The first-order chi connectivity index (χ1) is 11.7. The highest BCUT2D eigenvalue weighted by atomic mass is 16.5. The normalized spacial score (nSPS) is 22.2. The van der Waals surface area contributed by atoms with Crippen molar-refractivity contribution in [1.29, 1.82) is 0 Å². The molecule has 126 valence electrons. The van der Waals surface area contributed by atoms with Crippen LogP contribution >= 0.6 is 0 Å². The van der Waals surface area contributed by atoms with E-state index in [1.165, 1.54) is 0 Å². The van der Waals surface area contributed by atoms with E-state index in [-0.39, 0.29) is 17.6 Å². The van der Waals surface area contributed by atoms with Crippen molar-refractivity contribution in [1.82, 2.24) is 9.88 Å². The zero-order valence-electron chi connectivity index (χ0n) is 13.6. The van der Waals surface area contributed by atoms with Crippen molar-refractivity contribution < 1.29 is 18.7 Å². The van der Waals surface area contributed by atoms with Gasteiger partial charge in [-0.3, -0.25) is 9.78 Å². The lowest BCUT2D eigenvalue weighted by molar-refractivity contribution is -0.174. The third-order valence-corrected chi connectivity index (χ3v) is 4.69. The predicted molar refractivity (Wildman–Crippen MR) is 85.9 cm³/mol. The number of rotatable bonds is 3. The summed E-state index contributed by atoms with van der Waals surface area (Å²) in [5, 5.41) is 0. The third-order valence-electron chi connectivity index (χ3n) is 4.69. The van der Waals surface area contributed by atoms with Crippen LogP contribution in [-0.4, -0.2) is 47.2 Å². The summed E-state index contributed by atoms with van der Waals surface area (Å²) in [5.74, 6) is 1.13. The Hall–Kier alpha value is -2.34. The van der Waals surface area contributed by atoms with Gasteiger partial charge in [-0.25, -0.2) is 0 Å². The first-order valence-corrected chi connectivity index (χ1v) is 8.19. The summed E-state index contributed by atoms with van der Waals surface area (Å²) in [6, 6.07) is 5.57. The lowest BCUT2D eigenvalue weighted by Gasteiger charge is -2.52. The number of aromatic nitrogens is 1. The Bertz CT molecular complexity index is 722. The molecule has 1 amide bonds. The standard InChI is InChI=1S/C18H20N2O4/c1-13-4-7-22-16(13)17(21)20-11-18(12-20)9-14(5-8-23-18)24-15-3-2-6-19-10-15/h2-4,6-7,10,14H,5,8-9,11-12H2,1H3/t14-/m1/s1. The quantitative estimate of drug-likeness (QED) is 0.866. The topological polar surface area (TPSA) is 64.8 Å². The fourth-order valence-electron chi connectivity index (χ4n) is 3.44. The third kappa shape index (κ3) is 2.78. The van der Waals surface area contributed by atoms with Gasteiger partial charge in [0.05, 0.1) is 32.2 Å². The molecule has 0 radical (unpaired) electrons. The van der Waals surface area contributed by atoms with Crippen molar-refractivity contribution in [2.75, 3.05) is 19.7 Å². The number of ether oxygens (including phenoxy) is 2. The molecule has 2 fully saturated rings. The van der Waals surface area contributed by atoms with Crippen LogP contribution in [0.2, 0.25) is 0 Å². The molecule has 6 heteroatoms. The predicted octanol–water partition coefficient (Wildman–Crippen LogP) is 2.44. The second-order valence-corrected chi connectivity index (χ2v) is 6.55. The highest BCUT2D eigenvalue weighted by Crippen LogP contribution is 2.36. The van der Waals surface area contributed by atoms with Crippen molar-refractivity contribution >= 4 is 5.91 Å². The van der Waals surface area contributed by atoms with Crippen LogP contribution in [0, 0.1) is 6.92 Å². The Morgan fingerprint density at radius 1 is 1.42 bits per heavy atom. The summed E-state index contributed by atoms with van der Waals surface area (Å²) in [7, 11) is 0. The van der Waals surface area contributed by atoms with Gasteiger partial charge in [0.2, 0.25) is 0 Å². The molecule has 0 N–H and O–H groups in total. The number of pyridine rings is 1. The molecule has 4 heterocycles.